The highest BCUT2D eigenvalue weighted by atomic mass is 32.2. The Bertz CT molecular complexity index is 1550. The molecule has 8 nitrogen and oxygen atoms in total. The molecule has 0 aliphatic carbocycles. The molecule has 0 N–H and O–H groups in total. The van der Waals surface area contributed by atoms with Crippen LogP contribution in [0, 0.1) is 11.6 Å². The molecule has 1 aliphatic heterocycles. The second kappa shape index (κ2) is 10.3. The summed E-state index contributed by atoms with van der Waals surface area (Å²) in [7, 11) is -3.62. The van der Waals surface area contributed by atoms with E-state index in [2.05, 4.69) is 10.1 Å². The number of hydrogen-bond acceptors (Lipinski definition) is 7. The fourth-order valence-electron chi connectivity index (χ4n) is 3.54. The van der Waals surface area contributed by atoms with Crippen molar-refractivity contribution in [3.8, 4) is 11.5 Å². The number of benzene rings is 2. The van der Waals surface area contributed by atoms with Gasteiger partial charge in [-0.25, -0.2) is 26.9 Å². The van der Waals surface area contributed by atoms with E-state index >= 15 is 0 Å². The normalized spacial score (nSPS) is 15.7. The maximum Gasteiger partial charge on any atom is 0.243 e. The molecule has 0 spiro atoms. The number of furan rings is 1. The molecule has 2 aromatic carbocycles. The highest BCUT2D eigenvalue weighted by molar-refractivity contribution is 7.89. The van der Waals surface area contributed by atoms with Crippen LogP contribution in [-0.4, -0.2) is 49.9 Å². The molecule has 12 heteroatoms. The molecule has 5 rings (SSSR count). The lowest BCUT2D eigenvalue weighted by Crippen LogP contribution is -2.40. The number of rotatable bonds is 6. The highest BCUT2D eigenvalue weighted by Gasteiger charge is 2.26. The Labute approximate surface area is 209 Å². The van der Waals surface area contributed by atoms with Crippen LogP contribution in [0.25, 0.3) is 11.5 Å². The fraction of sp³-hybridized carbons (Fsp3) is 0.167. The predicted octanol–water partition coefficient (Wildman–Crippen LogP) is 4.22. The zero-order valence-corrected chi connectivity index (χ0v) is 20.4. The molecule has 0 unspecified atom stereocenters. The van der Waals surface area contributed by atoms with Gasteiger partial charge in [-0.15, -0.1) is 11.3 Å². The Morgan fingerprint density at radius 3 is 2.47 bits per heavy atom. The van der Waals surface area contributed by atoms with Crippen molar-refractivity contribution in [3.63, 3.8) is 0 Å². The van der Waals surface area contributed by atoms with Crippen LogP contribution < -0.4 is 4.80 Å². The van der Waals surface area contributed by atoms with Gasteiger partial charge in [-0.05, 0) is 54.1 Å². The van der Waals surface area contributed by atoms with Crippen molar-refractivity contribution in [1.82, 2.24) is 8.98 Å². The average Bonchev–Trinajstić information content (AvgIpc) is 3.56. The van der Waals surface area contributed by atoms with Gasteiger partial charge in [0.15, 0.2) is 17.4 Å². The summed E-state index contributed by atoms with van der Waals surface area (Å²) in [5.41, 5.74) is 1.48. The molecule has 0 atom stereocenters. The summed E-state index contributed by atoms with van der Waals surface area (Å²) in [5, 5.41) is 6.23. The predicted molar refractivity (Wildman–Crippen MR) is 131 cm³/mol. The van der Waals surface area contributed by atoms with E-state index in [1.165, 1.54) is 51.0 Å². The Hall–Kier alpha value is -3.45. The fourth-order valence-corrected chi connectivity index (χ4v) is 5.78. The summed E-state index contributed by atoms with van der Waals surface area (Å²) in [6, 6.07) is 13.2. The summed E-state index contributed by atoms with van der Waals surface area (Å²) in [4.78, 5) is 5.25. The lowest BCUT2D eigenvalue weighted by molar-refractivity contribution is 0.0730. The van der Waals surface area contributed by atoms with Crippen LogP contribution in [0.3, 0.4) is 0 Å². The van der Waals surface area contributed by atoms with E-state index < -0.39 is 21.7 Å². The molecule has 186 valence electrons. The second-order valence-corrected chi connectivity index (χ2v) is 10.5. The van der Waals surface area contributed by atoms with Gasteiger partial charge in [-0.1, -0.05) is 6.07 Å². The number of thiazole rings is 1. The zero-order valence-electron chi connectivity index (χ0n) is 18.8. The van der Waals surface area contributed by atoms with Crippen molar-refractivity contribution in [2.24, 2.45) is 10.1 Å². The van der Waals surface area contributed by atoms with Crippen molar-refractivity contribution in [3.05, 3.63) is 88.2 Å². The van der Waals surface area contributed by atoms with Crippen LogP contribution in [-0.2, 0) is 14.8 Å². The first kappa shape index (κ1) is 24.3. The molecule has 0 amide bonds. The number of sulfonamides is 1. The van der Waals surface area contributed by atoms with Crippen LogP contribution in [0.15, 0.2) is 85.6 Å². The molecule has 2 aromatic heterocycles. The van der Waals surface area contributed by atoms with Gasteiger partial charge in [0.1, 0.15) is 5.69 Å². The Morgan fingerprint density at radius 1 is 1.00 bits per heavy atom. The number of halogens is 2. The Balaban J connectivity index is 1.49. The number of hydrogen-bond donors (Lipinski definition) is 0. The van der Waals surface area contributed by atoms with Crippen LogP contribution in [0.5, 0.6) is 0 Å². The highest BCUT2D eigenvalue weighted by Crippen LogP contribution is 2.23. The van der Waals surface area contributed by atoms with E-state index in [9.17, 15) is 17.2 Å². The van der Waals surface area contributed by atoms with Crippen molar-refractivity contribution in [2.75, 3.05) is 26.3 Å². The maximum absolute atomic E-state index is 13.6. The van der Waals surface area contributed by atoms with Crippen molar-refractivity contribution in [2.45, 2.75) is 4.90 Å². The minimum atomic E-state index is -3.62. The number of nitrogens with zero attached hydrogens (tertiary/aromatic N) is 4. The largest absolute Gasteiger partial charge is 0.463 e. The lowest BCUT2D eigenvalue weighted by atomic mass is 10.2. The molecule has 1 aliphatic rings. The van der Waals surface area contributed by atoms with Crippen LogP contribution >= 0.6 is 11.3 Å². The average molecular weight is 531 g/mol. The minimum Gasteiger partial charge on any atom is -0.463 e. The van der Waals surface area contributed by atoms with Crippen LogP contribution in [0.4, 0.5) is 14.5 Å². The molecule has 36 heavy (non-hydrogen) atoms. The van der Waals surface area contributed by atoms with Crippen LogP contribution in [0.1, 0.15) is 5.56 Å². The third-order valence-electron chi connectivity index (χ3n) is 5.39. The summed E-state index contributed by atoms with van der Waals surface area (Å²) in [6.45, 7) is 1.37. The lowest BCUT2D eigenvalue weighted by Gasteiger charge is -2.26. The number of aromatic nitrogens is 1. The Morgan fingerprint density at radius 2 is 1.78 bits per heavy atom. The molecule has 4 aromatic rings. The van der Waals surface area contributed by atoms with E-state index in [0.717, 1.165) is 12.1 Å². The van der Waals surface area contributed by atoms with Gasteiger partial charge in [0, 0.05) is 18.5 Å². The monoisotopic (exact) mass is 530 g/mol. The minimum absolute atomic E-state index is 0.176. The third-order valence-corrected chi connectivity index (χ3v) is 8.12. The quantitative estimate of drug-likeness (QED) is 0.349. The SMILES string of the molecule is O=S(=O)(c1ccc(N=c2scc(-c3ccco3)n2N=Cc2ccc(F)c(F)c2)cc1)N1CCOCC1. The van der Waals surface area contributed by atoms with E-state index in [4.69, 9.17) is 9.15 Å². The van der Waals surface area contributed by atoms with Gasteiger partial charge < -0.3 is 9.15 Å². The van der Waals surface area contributed by atoms with Gasteiger partial charge in [0.2, 0.25) is 14.8 Å². The molecule has 0 radical (unpaired) electrons. The van der Waals surface area contributed by atoms with E-state index in [0.29, 0.717) is 53.8 Å². The first-order valence-electron chi connectivity index (χ1n) is 10.9. The molecular formula is C24H20F2N4O4S2. The van der Waals surface area contributed by atoms with Gasteiger partial charge in [0.25, 0.3) is 0 Å². The molecule has 1 fully saturated rings. The Kier molecular flexibility index (Phi) is 6.92. The van der Waals surface area contributed by atoms with E-state index in [1.807, 2.05) is 0 Å². The van der Waals surface area contributed by atoms with Crippen LogP contribution in [0.2, 0.25) is 0 Å². The number of ether oxygens (including phenoxy) is 1. The summed E-state index contributed by atoms with van der Waals surface area (Å²) in [5.74, 6) is -1.37. The zero-order chi connectivity index (χ0) is 25.1. The first-order valence-corrected chi connectivity index (χ1v) is 13.2. The topological polar surface area (TPSA) is 89.4 Å². The van der Waals surface area contributed by atoms with Gasteiger partial charge in [-0.2, -0.15) is 9.41 Å². The van der Waals surface area contributed by atoms with Gasteiger partial charge >= 0.3 is 0 Å². The maximum atomic E-state index is 13.6. The standard InChI is InChI=1S/C24H20F2N4O4S2/c25-20-8-3-17(14-21(20)26)15-27-30-22(23-2-1-11-34-23)16-35-24(30)28-18-4-6-19(7-5-18)36(31,32)29-9-12-33-13-10-29/h1-8,11,14-16H,9-10,12-13H2. The van der Waals surface area contributed by atoms with E-state index in [1.54, 1.807) is 29.6 Å². The summed E-state index contributed by atoms with van der Waals surface area (Å²) in [6.07, 6.45) is 2.92. The van der Waals surface area contributed by atoms with Crippen molar-refractivity contribution >= 4 is 33.3 Å². The third kappa shape index (κ3) is 5.07. The second-order valence-electron chi connectivity index (χ2n) is 7.73. The molecule has 1 saturated heterocycles. The first-order chi connectivity index (χ1) is 17.4. The molecule has 0 bridgehead atoms. The van der Waals surface area contributed by atoms with Gasteiger partial charge in [0.05, 0.1) is 36.3 Å². The van der Waals surface area contributed by atoms with Crippen molar-refractivity contribution in [1.29, 1.82) is 0 Å². The summed E-state index contributed by atoms with van der Waals surface area (Å²) < 4.78 is 66.3. The van der Waals surface area contributed by atoms with Crippen molar-refractivity contribution < 1.29 is 26.4 Å². The summed E-state index contributed by atoms with van der Waals surface area (Å²) >= 11 is 1.29. The molecular weight excluding hydrogens is 510 g/mol. The van der Waals surface area contributed by atoms with Gasteiger partial charge in [-0.3, -0.25) is 0 Å². The van der Waals surface area contributed by atoms with E-state index in [-0.39, 0.29) is 4.90 Å². The number of morpholine rings is 1. The molecule has 3 heterocycles. The smallest absolute Gasteiger partial charge is 0.243 e. The molecule has 0 saturated carbocycles.